The molecule has 0 aliphatic carbocycles. The Labute approximate surface area is 153 Å². The molecular formula is C19H24N6O. The van der Waals surface area contributed by atoms with Crippen molar-refractivity contribution in [1.29, 1.82) is 0 Å². The van der Waals surface area contributed by atoms with Crippen molar-refractivity contribution in [2.24, 2.45) is 0 Å². The number of likely N-dealkylation sites (N-methyl/N-ethyl adjacent to an activating group) is 1. The molecule has 2 aromatic rings. The summed E-state index contributed by atoms with van der Waals surface area (Å²) >= 11 is 0. The zero-order valence-electron chi connectivity index (χ0n) is 15.4. The summed E-state index contributed by atoms with van der Waals surface area (Å²) in [5.74, 6) is 0.550. The molecule has 1 saturated heterocycles. The van der Waals surface area contributed by atoms with Gasteiger partial charge in [-0.15, -0.1) is 0 Å². The van der Waals surface area contributed by atoms with Gasteiger partial charge in [-0.25, -0.2) is 14.8 Å². The first-order valence-corrected chi connectivity index (χ1v) is 8.88. The minimum atomic E-state index is -0.430. The number of amides is 2. The smallest absolute Gasteiger partial charge is 0.318 e. The van der Waals surface area contributed by atoms with Crippen LogP contribution in [0.15, 0.2) is 36.5 Å². The van der Waals surface area contributed by atoms with Crippen molar-refractivity contribution in [3.8, 4) is 0 Å². The molecule has 7 nitrogen and oxygen atoms in total. The molecule has 3 heterocycles. The second-order valence-electron chi connectivity index (χ2n) is 7.56. The number of nitrogens with one attached hydrogen (secondary N) is 2. The maximum atomic E-state index is 12.7. The van der Waals surface area contributed by atoms with Gasteiger partial charge in [0.25, 0.3) is 0 Å². The van der Waals surface area contributed by atoms with Crippen LogP contribution in [-0.2, 0) is 12.1 Å². The van der Waals surface area contributed by atoms with Gasteiger partial charge < -0.3 is 20.4 Å². The monoisotopic (exact) mass is 352 g/mol. The average Bonchev–Trinajstić information content (AvgIpc) is 2.85. The first-order chi connectivity index (χ1) is 12.4. The molecule has 0 saturated carbocycles. The Morgan fingerprint density at radius 2 is 1.96 bits per heavy atom. The van der Waals surface area contributed by atoms with Crippen molar-refractivity contribution < 1.29 is 4.79 Å². The number of urea groups is 1. The summed E-state index contributed by atoms with van der Waals surface area (Å²) < 4.78 is 0. The fraction of sp³-hybridized carbons (Fsp3) is 0.421. The lowest BCUT2D eigenvalue weighted by Crippen LogP contribution is -2.60. The molecule has 0 unspecified atom stereocenters. The second kappa shape index (κ2) is 6.25. The van der Waals surface area contributed by atoms with Crippen molar-refractivity contribution in [1.82, 2.24) is 25.1 Å². The molecule has 136 valence electrons. The maximum Gasteiger partial charge on any atom is 0.318 e. The number of hydrogen-bond acceptors (Lipinski definition) is 5. The molecule has 26 heavy (non-hydrogen) atoms. The minimum absolute atomic E-state index is 0.0383. The SMILES string of the molecule is CN1CC(NC(=O)N2Cc3nc(Nc4ccccc4)ncc3C2(C)C)C1. The Kier molecular flexibility index (Phi) is 4.03. The summed E-state index contributed by atoms with van der Waals surface area (Å²) in [6, 6.07) is 10.0. The number of aromatic nitrogens is 2. The zero-order valence-corrected chi connectivity index (χ0v) is 15.4. The van der Waals surface area contributed by atoms with Crippen LogP contribution in [0.5, 0.6) is 0 Å². The number of anilines is 2. The number of hydrogen-bond donors (Lipinski definition) is 2. The van der Waals surface area contributed by atoms with Gasteiger partial charge in [0.2, 0.25) is 5.95 Å². The summed E-state index contributed by atoms with van der Waals surface area (Å²) in [5.41, 5.74) is 2.40. The zero-order chi connectivity index (χ0) is 18.3. The lowest BCUT2D eigenvalue weighted by atomic mass is 9.97. The highest BCUT2D eigenvalue weighted by molar-refractivity contribution is 5.77. The van der Waals surface area contributed by atoms with Gasteiger partial charge in [0.1, 0.15) is 0 Å². The van der Waals surface area contributed by atoms with E-state index in [0.717, 1.165) is 30.0 Å². The lowest BCUT2D eigenvalue weighted by Gasteiger charge is -2.39. The van der Waals surface area contributed by atoms with Crippen LogP contribution in [0.4, 0.5) is 16.4 Å². The molecule has 7 heteroatoms. The van der Waals surface area contributed by atoms with Gasteiger partial charge in [-0.2, -0.15) is 0 Å². The summed E-state index contributed by atoms with van der Waals surface area (Å²) in [6.07, 6.45) is 1.83. The summed E-state index contributed by atoms with van der Waals surface area (Å²) in [6.45, 7) is 6.37. The number of fused-ring (bicyclic) bond motifs is 1. The van der Waals surface area contributed by atoms with Gasteiger partial charge >= 0.3 is 6.03 Å². The third-order valence-electron chi connectivity index (χ3n) is 5.18. The molecule has 1 aromatic heterocycles. The fourth-order valence-corrected chi connectivity index (χ4v) is 3.62. The molecule has 2 N–H and O–H groups in total. The van der Waals surface area contributed by atoms with E-state index in [-0.39, 0.29) is 12.1 Å². The molecular weight excluding hydrogens is 328 g/mol. The van der Waals surface area contributed by atoms with E-state index in [9.17, 15) is 4.79 Å². The highest BCUT2D eigenvalue weighted by atomic mass is 16.2. The Balaban J connectivity index is 1.51. The average molecular weight is 352 g/mol. The van der Waals surface area contributed by atoms with Gasteiger partial charge in [-0.05, 0) is 33.0 Å². The van der Waals surface area contributed by atoms with E-state index < -0.39 is 5.54 Å². The van der Waals surface area contributed by atoms with E-state index >= 15 is 0 Å². The van der Waals surface area contributed by atoms with E-state index in [0.29, 0.717) is 12.5 Å². The maximum absolute atomic E-state index is 12.7. The van der Waals surface area contributed by atoms with Crippen molar-refractivity contribution in [3.63, 3.8) is 0 Å². The number of likely N-dealkylation sites (tertiary alicyclic amines) is 1. The first-order valence-electron chi connectivity index (χ1n) is 8.88. The van der Waals surface area contributed by atoms with Crippen LogP contribution in [-0.4, -0.2) is 52.0 Å². The summed E-state index contributed by atoms with van der Waals surface area (Å²) in [4.78, 5) is 25.9. The second-order valence-corrected chi connectivity index (χ2v) is 7.56. The normalized spacial score (nSPS) is 19.0. The van der Waals surface area contributed by atoms with Gasteiger partial charge in [0.05, 0.1) is 23.8 Å². The Morgan fingerprint density at radius 3 is 2.65 bits per heavy atom. The van der Waals surface area contributed by atoms with E-state index in [1.807, 2.05) is 55.3 Å². The highest BCUT2D eigenvalue weighted by Gasteiger charge is 2.42. The van der Waals surface area contributed by atoms with Gasteiger partial charge in [0.15, 0.2) is 0 Å². The van der Waals surface area contributed by atoms with Crippen LogP contribution in [0.25, 0.3) is 0 Å². The van der Waals surface area contributed by atoms with Gasteiger partial charge in [-0.1, -0.05) is 18.2 Å². The van der Waals surface area contributed by atoms with Gasteiger partial charge in [-0.3, -0.25) is 0 Å². The largest absolute Gasteiger partial charge is 0.333 e. The van der Waals surface area contributed by atoms with Gasteiger partial charge in [0, 0.05) is 30.5 Å². The molecule has 2 aliphatic rings. The van der Waals surface area contributed by atoms with Crippen LogP contribution in [0.2, 0.25) is 0 Å². The fourth-order valence-electron chi connectivity index (χ4n) is 3.62. The van der Waals surface area contributed by atoms with Crippen molar-refractivity contribution >= 4 is 17.7 Å². The molecule has 0 radical (unpaired) electrons. The summed E-state index contributed by atoms with van der Waals surface area (Å²) in [5, 5.41) is 6.33. The lowest BCUT2D eigenvalue weighted by molar-refractivity contribution is 0.118. The van der Waals surface area contributed by atoms with Crippen molar-refractivity contribution in [3.05, 3.63) is 47.8 Å². The molecule has 0 bridgehead atoms. The predicted molar refractivity (Wildman–Crippen MR) is 100 cm³/mol. The molecule has 1 fully saturated rings. The van der Waals surface area contributed by atoms with E-state index in [1.165, 1.54) is 0 Å². The number of nitrogens with zero attached hydrogens (tertiary/aromatic N) is 4. The van der Waals surface area contributed by atoms with Crippen LogP contribution in [0.1, 0.15) is 25.1 Å². The molecule has 2 aliphatic heterocycles. The molecule has 0 spiro atoms. The van der Waals surface area contributed by atoms with Crippen LogP contribution in [0, 0.1) is 0 Å². The van der Waals surface area contributed by atoms with Crippen molar-refractivity contribution in [2.45, 2.75) is 32.0 Å². The van der Waals surface area contributed by atoms with Crippen LogP contribution in [0.3, 0.4) is 0 Å². The molecule has 1 aromatic carbocycles. The number of carbonyl (C=O) groups is 1. The number of benzene rings is 1. The summed E-state index contributed by atoms with van der Waals surface area (Å²) in [7, 11) is 2.05. The topological polar surface area (TPSA) is 73.4 Å². The highest BCUT2D eigenvalue weighted by Crippen LogP contribution is 2.38. The first kappa shape index (κ1) is 16.8. The Bertz CT molecular complexity index is 816. The van der Waals surface area contributed by atoms with Crippen LogP contribution < -0.4 is 10.6 Å². The van der Waals surface area contributed by atoms with E-state index in [2.05, 4.69) is 32.5 Å². The quantitative estimate of drug-likeness (QED) is 0.887. The minimum Gasteiger partial charge on any atom is -0.333 e. The molecule has 2 amide bonds. The third kappa shape index (κ3) is 2.99. The van der Waals surface area contributed by atoms with Crippen molar-refractivity contribution in [2.75, 3.05) is 25.5 Å². The standard InChI is InChI=1S/C19H24N6O/c1-19(2)15-9-20-17(21-13-7-5-4-6-8-13)23-16(15)12-25(19)18(26)22-14-10-24(3)11-14/h4-9,14H,10-12H2,1-3H3,(H,22,26)(H,20,21,23). The Morgan fingerprint density at radius 1 is 1.23 bits per heavy atom. The Hall–Kier alpha value is -2.67. The predicted octanol–water partition coefficient (Wildman–Crippen LogP) is 2.29. The van der Waals surface area contributed by atoms with E-state index in [4.69, 9.17) is 0 Å². The third-order valence-corrected chi connectivity index (χ3v) is 5.18. The number of para-hydroxylation sites is 1. The number of rotatable bonds is 3. The molecule has 0 atom stereocenters. The molecule has 4 rings (SSSR count). The number of carbonyl (C=O) groups excluding carboxylic acids is 1. The van der Waals surface area contributed by atoms with E-state index in [1.54, 1.807) is 0 Å². The van der Waals surface area contributed by atoms with Crippen LogP contribution >= 0.6 is 0 Å².